The molecule has 100 valence electrons. The highest BCUT2D eigenvalue weighted by Crippen LogP contribution is 2.33. The standard InChI is InChI=1S/C13H13N7/c14-13-18-17-12-11(15-8-16-20(12)13)19-7-3-5-9-4-1-2-6-10(9)19/h1-2,4,6,8H,3,5,7H2,(H2,14,18). The van der Waals surface area contributed by atoms with Crippen molar-refractivity contribution >= 4 is 23.1 Å². The summed E-state index contributed by atoms with van der Waals surface area (Å²) in [4.78, 5) is 6.54. The Morgan fingerprint density at radius 2 is 2.05 bits per heavy atom. The first-order valence-electron chi connectivity index (χ1n) is 6.52. The van der Waals surface area contributed by atoms with E-state index in [1.807, 2.05) is 6.07 Å². The van der Waals surface area contributed by atoms with E-state index in [-0.39, 0.29) is 5.95 Å². The predicted octanol–water partition coefficient (Wildman–Crippen LogP) is 1.19. The van der Waals surface area contributed by atoms with Gasteiger partial charge in [-0.3, -0.25) is 0 Å². The summed E-state index contributed by atoms with van der Waals surface area (Å²) in [6.45, 7) is 0.899. The fourth-order valence-corrected chi connectivity index (χ4v) is 2.68. The molecule has 20 heavy (non-hydrogen) atoms. The van der Waals surface area contributed by atoms with Gasteiger partial charge in [-0.1, -0.05) is 18.2 Å². The lowest BCUT2D eigenvalue weighted by molar-refractivity contribution is 0.754. The number of nitrogens with two attached hydrogens (primary N) is 1. The summed E-state index contributed by atoms with van der Waals surface area (Å²) in [5.74, 6) is 1.02. The van der Waals surface area contributed by atoms with Gasteiger partial charge in [0.2, 0.25) is 11.6 Å². The number of nitrogen functional groups attached to an aromatic ring is 1. The van der Waals surface area contributed by atoms with Gasteiger partial charge < -0.3 is 10.6 Å². The Morgan fingerprint density at radius 3 is 3.00 bits per heavy atom. The number of anilines is 3. The molecule has 0 unspecified atom stereocenters. The SMILES string of the molecule is Nc1nnc2c(N3CCCc4ccccc43)ncnn12. The molecule has 4 rings (SSSR count). The van der Waals surface area contributed by atoms with Crippen molar-refractivity contribution in [1.82, 2.24) is 24.8 Å². The van der Waals surface area contributed by atoms with Gasteiger partial charge in [0.05, 0.1) is 0 Å². The van der Waals surface area contributed by atoms with Crippen LogP contribution in [0.3, 0.4) is 0 Å². The summed E-state index contributed by atoms with van der Waals surface area (Å²) >= 11 is 0. The van der Waals surface area contributed by atoms with Crippen LogP contribution in [0.1, 0.15) is 12.0 Å². The van der Waals surface area contributed by atoms with Crippen molar-refractivity contribution < 1.29 is 0 Å². The van der Waals surface area contributed by atoms with Crippen LogP contribution in [0.2, 0.25) is 0 Å². The summed E-state index contributed by atoms with van der Waals surface area (Å²) in [5, 5.41) is 12.0. The second-order valence-corrected chi connectivity index (χ2v) is 4.76. The minimum absolute atomic E-state index is 0.272. The quantitative estimate of drug-likeness (QED) is 0.712. The van der Waals surface area contributed by atoms with Gasteiger partial charge in [-0.25, -0.2) is 4.98 Å². The van der Waals surface area contributed by atoms with Crippen molar-refractivity contribution in [3.8, 4) is 0 Å². The maximum atomic E-state index is 5.75. The number of aryl methyl sites for hydroxylation is 1. The molecule has 2 aromatic heterocycles. The fourth-order valence-electron chi connectivity index (χ4n) is 2.68. The third-order valence-electron chi connectivity index (χ3n) is 3.58. The molecular formula is C13H13N7. The van der Waals surface area contributed by atoms with Gasteiger partial charge in [-0.2, -0.15) is 9.61 Å². The van der Waals surface area contributed by atoms with Gasteiger partial charge in [-0.15, -0.1) is 10.2 Å². The zero-order valence-corrected chi connectivity index (χ0v) is 10.8. The zero-order chi connectivity index (χ0) is 13.5. The van der Waals surface area contributed by atoms with Gasteiger partial charge in [-0.05, 0) is 24.5 Å². The third-order valence-corrected chi connectivity index (χ3v) is 3.58. The van der Waals surface area contributed by atoms with Gasteiger partial charge in [0.25, 0.3) is 0 Å². The molecule has 0 fully saturated rings. The first-order chi connectivity index (χ1) is 9.84. The van der Waals surface area contributed by atoms with Crippen molar-refractivity contribution in [2.75, 3.05) is 17.2 Å². The number of aromatic nitrogens is 5. The van der Waals surface area contributed by atoms with E-state index in [2.05, 4.69) is 43.4 Å². The number of rotatable bonds is 1. The molecule has 1 aliphatic heterocycles. The van der Waals surface area contributed by atoms with Crippen LogP contribution in [0.15, 0.2) is 30.6 Å². The molecule has 2 N–H and O–H groups in total. The van der Waals surface area contributed by atoms with Crippen molar-refractivity contribution in [3.05, 3.63) is 36.2 Å². The van der Waals surface area contributed by atoms with Crippen molar-refractivity contribution in [2.45, 2.75) is 12.8 Å². The fraction of sp³-hybridized carbons (Fsp3) is 0.231. The number of para-hydroxylation sites is 1. The van der Waals surface area contributed by atoms with Crippen LogP contribution in [-0.2, 0) is 6.42 Å². The average Bonchev–Trinajstić information content (AvgIpc) is 2.88. The number of fused-ring (bicyclic) bond motifs is 2. The Kier molecular flexibility index (Phi) is 2.32. The molecule has 3 aromatic rings. The maximum Gasteiger partial charge on any atom is 0.243 e. The van der Waals surface area contributed by atoms with Crippen molar-refractivity contribution in [1.29, 1.82) is 0 Å². The van der Waals surface area contributed by atoms with E-state index < -0.39 is 0 Å². The Morgan fingerprint density at radius 1 is 1.15 bits per heavy atom. The molecule has 0 saturated heterocycles. The summed E-state index contributed by atoms with van der Waals surface area (Å²) in [7, 11) is 0. The number of hydrogen-bond acceptors (Lipinski definition) is 6. The lowest BCUT2D eigenvalue weighted by Gasteiger charge is -2.30. The number of hydrogen-bond donors (Lipinski definition) is 1. The largest absolute Gasteiger partial charge is 0.366 e. The van der Waals surface area contributed by atoms with E-state index in [4.69, 9.17) is 5.73 Å². The van der Waals surface area contributed by atoms with Crippen LogP contribution >= 0.6 is 0 Å². The lowest BCUT2D eigenvalue weighted by atomic mass is 10.0. The molecular weight excluding hydrogens is 254 g/mol. The van der Waals surface area contributed by atoms with E-state index in [0.29, 0.717) is 5.65 Å². The normalized spacial score (nSPS) is 14.5. The van der Waals surface area contributed by atoms with E-state index in [1.165, 1.54) is 22.1 Å². The number of nitrogens with zero attached hydrogens (tertiary/aromatic N) is 6. The highest BCUT2D eigenvalue weighted by Gasteiger charge is 2.22. The smallest absolute Gasteiger partial charge is 0.243 e. The second-order valence-electron chi connectivity index (χ2n) is 4.76. The molecule has 1 aliphatic rings. The van der Waals surface area contributed by atoms with Crippen LogP contribution in [0.4, 0.5) is 17.5 Å². The predicted molar refractivity (Wildman–Crippen MR) is 74.8 cm³/mol. The minimum atomic E-state index is 0.272. The third kappa shape index (κ3) is 1.52. The summed E-state index contributed by atoms with van der Waals surface area (Å²) in [6.07, 6.45) is 3.65. The molecule has 7 nitrogen and oxygen atoms in total. The van der Waals surface area contributed by atoms with E-state index in [0.717, 1.165) is 25.2 Å². The molecule has 0 atom stereocenters. The topological polar surface area (TPSA) is 85.2 Å². The molecule has 0 bridgehead atoms. The molecule has 3 heterocycles. The summed E-state index contributed by atoms with van der Waals surface area (Å²) in [5.41, 5.74) is 8.82. The first-order valence-corrected chi connectivity index (χ1v) is 6.52. The minimum Gasteiger partial charge on any atom is -0.366 e. The summed E-state index contributed by atoms with van der Waals surface area (Å²) < 4.78 is 1.51. The van der Waals surface area contributed by atoms with Gasteiger partial charge in [0.15, 0.2) is 5.82 Å². The molecule has 0 radical (unpaired) electrons. The molecule has 1 aromatic carbocycles. The Balaban J connectivity index is 1.92. The average molecular weight is 267 g/mol. The van der Waals surface area contributed by atoms with E-state index in [9.17, 15) is 0 Å². The highest BCUT2D eigenvalue weighted by molar-refractivity contribution is 5.74. The molecule has 7 heteroatoms. The molecule has 0 saturated carbocycles. The Labute approximate surface area is 115 Å². The van der Waals surface area contributed by atoms with E-state index >= 15 is 0 Å². The first kappa shape index (κ1) is 11.2. The Hall–Kier alpha value is -2.70. The van der Waals surface area contributed by atoms with Gasteiger partial charge in [0, 0.05) is 12.2 Å². The van der Waals surface area contributed by atoms with E-state index in [1.54, 1.807) is 0 Å². The van der Waals surface area contributed by atoms with Crippen LogP contribution < -0.4 is 10.6 Å². The lowest BCUT2D eigenvalue weighted by Crippen LogP contribution is -2.26. The monoisotopic (exact) mass is 267 g/mol. The van der Waals surface area contributed by atoms with Crippen LogP contribution in [0, 0.1) is 0 Å². The summed E-state index contributed by atoms with van der Waals surface area (Å²) in [6, 6.07) is 8.35. The van der Waals surface area contributed by atoms with Crippen LogP contribution in [0.5, 0.6) is 0 Å². The van der Waals surface area contributed by atoms with Crippen LogP contribution in [0.25, 0.3) is 5.65 Å². The molecule has 0 spiro atoms. The van der Waals surface area contributed by atoms with Gasteiger partial charge >= 0.3 is 0 Å². The van der Waals surface area contributed by atoms with Gasteiger partial charge in [0.1, 0.15) is 6.33 Å². The van der Waals surface area contributed by atoms with Crippen molar-refractivity contribution in [3.63, 3.8) is 0 Å². The highest BCUT2D eigenvalue weighted by atomic mass is 15.4. The molecule has 0 amide bonds. The second kappa shape index (κ2) is 4.16. The Bertz CT molecular complexity index is 779. The maximum absolute atomic E-state index is 5.75. The zero-order valence-electron chi connectivity index (χ0n) is 10.8. The van der Waals surface area contributed by atoms with Crippen LogP contribution in [-0.4, -0.2) is 31.3 Å². The number of benzene rings is 1. The molecule has 0 aliphatic carbocycles. The van der Waals surface area contributed by atoms with Crippen molar-refractivity contribution in [2.24, 2.45) is 0 Å².